The Kier molecular flexibility index (Phi) is 5.31. The number of nitrogens with zero attached hydrogens (tertiary/aromatic N) is 3. The first-order valence-corrected chi connectivity index (χ1v) is 10.9. The molecule has 32 heavy (non-hydrogen) atoms. The summed E-state index contributed by atoms with van der Waals surface area (Å²) < 4.78 is 1.73. The Morgan fingerprint density at radius 2 is 1.81 bits per heavy atom. The van der Waals surface area contributed by atoms with Crippen LogP contribution in [0.15, 0.2) is 61.1 Å². The maximum absolute atomic E-state index is 13.1. The van der Waals surface area contributed by atoms with Gasteiger partial charge in [0.05, 0.1) is 23.2 Å². The van der Waals surface area contributed by atoms with Gasteiger partial charge in [0.1, 0.15) is 0 Å². The topological polar surface area (TPSA) is 96.6 Å². The molecule has 5 rings (SSSR count). The molecule has 1 aliphatic carbocycles. The number of carbonyl (C=O) groups is 2. The lowest BCUT2D eigenvalue weighted by atomic mass is 9.86. The van der Waals surface area contributed by atoms with Crippen molar-refractivity contribution in [2.75, 3.05) is 0 Å². The molecule has 0 aliphatic heterocycles. The third-order valence-electron chi connectivity index (χ3n) is 6.34. The molecule has 0 spiro atoms. The first-order chi connectivity index (χ1) is 15.6. The van der Waals surface area contributed by atoms with Crippen molar-refractivity contribution in [2.45, 2.75) is 38.1 Å². The van der Waals surface area contributed by atoms with Crippen molar-refractivity contribution in [1.29, 1.82) is 0 Å². The molecule has 0 atom stereocenters. The molecule has 1 fully saturated rings. The highest BCUT2D eigenvalue weighted by atomic mass is 16.4. The summed E-state index contributed by atoms with van der Waals surface area (Å²) in [6.07, 6.45) is 8.44. The second kappa shape index (κ2) is 8.42. The second-order valence-electron chi connectivity index (χ2n) is 8.44. The molecule has 3 aromatic heterocycles. The predicted octanol–water partition coefficient (Wildman–Crippen LogP) is 3.85. The maximum Gasteiger partial charge on any atom is 0.306 e. The Bertz CT molecular complexity index is 1310. The molecule has 0 bridgehead atoms. The number of pyridine rings is 2. The molecule has 7 heteroatoms. The molecule has 0 unspecified atom stereocenters. The molecule has 0 radical (unpaired) electrons. The smallest absolute Gasteiger partial charge is 0.306 e. The van der Waals surface area contributed by atoms with Crippen molar-refractivity contribution in [1.82, 2.24) is 19.9 Å². The lowest BCUT2D eigenvalue weighted by Gasteiger charge is -2.26. The van der Waals surface area contributed by atoms with E-state index >= 15 is 0 Å². The van der Waals surface area contributed by atoms with Crippen LogP contribution in [0, 0.1) is 5.92 Å². The van der Waals surface area contributed by atoms with Gasteiger partial charge in [-0.25, -0.2) is 4.52 Å². The second-order valence-corrected chi connectivity index (χ2v) is 8.44. The number of hydrogen-bond acceptors (Lipinski definition) is 4. The minimum Gasteiger partial charge on any atom is -0.481 e. The van der Waals surface area contributed by atoms with Crippen LogP contribution >= 0.6 is 0 Å². The van der Waals surface area contributed by atoms with E-state index in [0.29, 0.717) is 37.7 Å². The van der Waals surface area contributed by atoms with Gasteiger partial charge < -0.3 is 10.4 Å². The molecule has 0 saturated heterocycles. The van der Waals surface area contributed by atoms with Crippen LogP contribution in [0.2, 0.25) is 0 Å². The van der Waals surface area contributed by atoms with Crippen LogP contribution in [0.25, 0.3) is 16.3 Å². The van der Waals surface area contributed by atoms with Crippen LogP contribution in [0.4, 0.5) is 0 Å². The van der Waals surface area contributed by atoms with Crippen LogP contribution in [-0.2, 0) is 11.2 Å². The zero-order chi connectivity index (χ0) is 22.1. The Labute approximate surface area is 185 Å². The lowest BCUT2D eigenvalue weighted by molar-refractivity contribution is -0.142. The predicted molar refractivity (Wildman–Crippen MR) is 121 cm³/mol. The fraction of sp³-hybridized carbons (Fsp3) is 0.280. The Balaban J connectivity index is 1.39. The number of aromatic nitrogens is 3. The standard InChI is InChI=1S/C25H24N4O3/c30-24(28-20-9-7-16(8-10-20)25(31)32)22-15-27-29-11-3-6-18(23(22)29)13-21-12-17-4-1-2-5-19(17)14-26-21/h1-6,11-12,14-16,20H,7-10,13H2,(H,28,30)(H,31,32)/t16-,20-. The minimum absolute atomic E-state index is 0.0117. The largest absolute Gasteiger partial charge is 0.481 e. The van der Waals surface area contributed by atoms with Gasteiger partial charge in [-0.1, -0.05) is 30.3 Å². The normalized spacial score (nSPS) is 18.6. The first-order valence-electron chi connectivity index (χ1n) is 10.9. The number of fused-ring (bicyclic) bond motifs is 2. The average molecular weight is 428 g/mol. The molecule has 1 saturated carbocycles. The summed E-state index contributed by atoms with van der Waals surface area (Å²) in [4.78, 5) is 28.9. The van der Waals surface area contributed by atoms with Gasteiger partial charge in [0.15, 0.2) is 0 Å². The van der Waals surface area contributed by atoms with Gasteiger partial charge in [-0.3, -0.25) is 14.6 Å². The number of carboxylic acids is 1. The summed E-state index contributed by atoms with van der Waals surface area (Å²) in [5.74, 6) is -1.22. The van der Waals surface area contributed by atoms with E-state index in [1.165, 1.54) is 0 Å². The van der Waals surface area contributed by atoms with Gasteiger partial charge in [-0.15, -0.1) is 0 Å². The van der Waals surface area contributed by atoms with Gasteiger partial charge in [0.25, 0.3) is 5.91 Å². The summed E-state index contributed by atoms with van der Waals surface area (Å²) in [5.41, 5.74) is 3.21. The van der Waals surface area contributed by atoms with Gasteiger partial charge in [-0.05, 0) is 48.8 Å². The average Bonchev–Trinajstić information content (AvgIpc) is 3.25. The van der Waals surface area contributed by atoms with Crippen LogP contribution < -0.4 is 5.32 Å². The number of aliphatic carboxylic acids is 1. The first kappa shape index (κ1) is 20.2. The van der Waals surface area contributed by atoms with Gasteiger partial charge >= 0.3 is 5.97 Å². The maximum atomic E-state index is 13.1. The molecular weight excluding hydrogens is 404 g/mol. The highest BCUT2D eigenvalue weighted by Gasteiger charge is 2.27. The SMILES string of the molecule is O=C(N[C@H]1CC[C@H](C(=O)O)CC1)c1cnn2cccc(Cc3cc4ccccc4cn3)c12. The van der Waals surface area contributed by atoms with Crippen molar-refractivity contribution >= 4 is 28.2 Å². The number of rotatable bonds is 5. The van der Waals surface area contributed by atoms with E-state index in [9.17, 15) is 14.7 Å². The third-order valence-corrected chi connectivity index (χ3v) is 6.34. The summed E-state index contributed by atoms with van der Waals surface area (Å²) in [5, 5.41) is 18.9. The van der Waals surface area contributed by atoms with Crippen molar-refractivity contribution in [3.63, 3.8) is 0 Å². The molecule has 7 nitrogen and oxygen atoms in total. The van der Waals surface area contributed by atoms with Crippen molar-refractivity contribution in [2.24, 2.45) is 5.92 Å². The van der Waals surface area contributed by atoms with Crippen LogP contribution in [-0.4, -0.2) is 37.6 Å². The van der Waals surface area contributed by atoms with Crippen molar-refractivity contribution in [3.05, 3.63) is 77.9 Å². The van der Waals surface area contributed by atoms with Crippen molar-refractivity contribution in [3.8, 4) is 0 Å². The summed E-state index contributed by atoms with van der Waals surface area (Å²) in [6, 6.07) is 14.1. The van der Waals surface area contributed by atoms with E-state index in [0.717, 1.165) is 27.5 Å². The van der Waals surface area contributed by atoms with Gasteiger partial charge in [-0.2, -0.15) is 5.10 Å². The molecule has 1 aliphatic rings. The highest BCUT2D eigenvalue weighted by Crippen LogP contribution is 2.26. The number of amides is 1. The molecule has 4 aromatic rings. The molecule has 1 aromatic carbocycles. The molecule has 2 N–H and O–H groups in total. The number of hydrogen-bond donors (Lipinski definition) is 2. The molecule has 162 valence electrons. The number of benzene rings is 1. The number of carboxylic acid groups (broad SMARTS) is 1. The van der Waals surface area contributed by atoms with Crippen LogP contribution in [0.1, 0.15) is 47.3 Å². The monoisotopic (exact) mass is 428 g/mol. The summed E-state index contributed by atoms with van der Waals surface area (Å²) in [7, 11) is 0. The Morgan fingerprint density at radius 3 is 2.59 bits per heavy atom. The Morgan fingerprint density at radius 1 is 1.03 bits per heavy atom. The third kappa shape index (κ3) is 3.93. The zero-order valence-electron chi connectivity index (χ0n) is 17.6. The van der Waals surface area contributed by atoms with Gasteiger partial charge in [0, 0.05) is 35.9 Å². The fourth-order valence-electron chi connectivity index (χ4n) is 4.59. The quantitative estimate of drug-likeness (QED) is 0.503. The zero-order valence-corrected chi connectivity index (χ0v) is 17.6. The fourth-order valence-corrected chi connectivity index (χ4v) is 4.59. The lowest BCUT2D eigenvalue weighted by Crippen LogP contribution is -2.38. The summed E-state index contributed by atoms with van der Waals surface area (Å²) >= 11 is 0. The minimum atomic E-state index is -0.746. The van der Waals surface area contributed by atoms with E-state index in [2.05, 4.69) is 27.5 Å². The van der Waals surface area contributed by atoms with Gasteiger partial charge in [0.2, 0.25) is 0 Å². The van der Waals surface area contributed by atoms with E-state index < -0.39 is 5.97 Å². The van der Waals surface area contributed by atoms with E-state index in [1.807, 2.05) is 42.7 Å². The van der Waals surface area contributed by atoms with E-state index in [4.69, 9.17) is 0 Å². The number of nitrogens with one attached hydrogen (secondary N) is 1. The van der Waals surface area contributed by atoms with E-state index in [-0.39, 0.29) is 17.9 Å². The highest BCUT2D eigenvalue weighted by molar-refractivity contribution is 6.01. The molecule has 3 heterocycles. The van der Waals surface area contributed by atoms with Crippen LogP contribution in [0.3, 0.4) is 0 Å². The Hall–Kier alpha value is -3.74. The molecule has 1 amide bonds. The van der Waals surface area contributed by atoms with Crippen molar-refractivity contribution < 1.29 is 14.7 Å². The van der Waals surface area contributed by atoms with Crippen LogP contribution in [0.5, 0.6) is 0 Å². The summed E-state index contributed by atoms with van der Waals surface area (Å²) in [6.45, 7) is 0. The number of carbonyl (C=O) groups excluding carboxylic acids is 1. The van der Waals surface area contributed by atoms with E-state index in [1.54, 1.807) is 10.7 Å². The molecular formula is C25H24N4O3.